The second kappa shape index (κ2) is 21.8. The summed E-state index contributed by atoms with van der Waals surface area (Å²) in [4.78, 5) is 17.1. The summed E-state index contributed by atoms with van der Waals surface area (Å²) in [5, 5.41) is 10.3. The van der Waals surface area contributed by atoms with Gasteiger partial charge in [0.2, 0.25) is 0 Å². The van der Waals surface area contributed by atoms with Gasteiger partial charge in [-0.05, 0) is 158 Å². The van der Waals surface area contributed by atoms with Gasteiger partial charge in [0, 0.05) is 45.4 Å². The van der Waals surface area contributed by atoms with Crippen molar-refractivity contribution in [3.63, 3.8) is 0 Å². The third kappa shape index (κ3) is 10.5. The standard InChI is InChI=1S/C24H22N4O2.C21H20N4O.C9H20O4/c1-5-29-24-26-20-12-16(22-14(3)28-30-15(22)4)11-18(23(20)27-24)21-13(2)8-9-19-17(21)7-6-10-25-19;1-11-6-7-18-15(5-4-8-24-18)19(11)16-9-14(10-17(22)21(16)23)20-12(2)25-26-13(20)3;1-5-10-9(11-6-2,12-7-3)13-8-4/h6-12H,5H2,1-4H3,(H,26,27);4-10H,22-23H2,1-3H3;5-8H2,1-4H3. The molecule has 0 fully saturated rings. The Morgan fingerprint density at radius 3 is 1.51 bits per heavy atom. The molecule has 9 aromatic rings. The molecule has 0 aliphatic heterocycles. The second-order valence-electron chi connectivity index (χ2n) is 16.2. The van der Waals surface area contributed by atoms with E-state index in [-0.39, 0.29) is 0 Å². The molecule has 15 heteroatoms. The van der Waals surface area contributed by atoms with Crippen molar-refractivity contribution >= 4 is 44.2 Å². The summed E-state index contributed by atoms with van der Waals surface area (Å²) >= 11 is 0. The summed E-state index contributed by atoms with van der Waals surface area (Å²) < 4.78 is 37.6. The molecule has 0 saturated heterocycles. The maximum atomic E-state index is 6.39. The molecule has 0 spiro atoms. The van der Waals surface area contributed by atoms with Gasteiger partial charge in [0.25, 0.3) is 6.01 Å². The molecule has 0 unspecified atom stereocenters. The molecule has 5 heterocycles. The fraction of sp³-hybridized carbons (Fsp3) is 0.315. The number of pyridine rings is 2. The SMILES string of the molecule is CCOC(OCC)(OCC)OCC.CCOc1nc2c(-c3c(C)ccc4ncccc34)cc(-c3c(C)noc3C)cc2[nH]1.Cc1ccc2ncccc2c1-c1cc(-c2c(C)noc2C)cc(N)c1N. The molecule has 0 bridgehead atoms. The Morgan fingerprint density at radius 1 is 0.565 bits per heavy atom. The van der Waals surface area contributed by atoms with Crippen LogP contribution in [0, 0.1) is 41.5 Å². The van der Waals surface area contributed by atoms with E-state index >= 15 is 0 Å². The average molecular weight is 935 g/mol. The Hall–Kier alpha value is -7.17. The minimum atomic E-state index is -1.30. The van der Waals surface area contributed by atoms with Gasteiger partial charge in [-0.2, -0.15) is 4.98 Å². The normalized spacial score (nSPS) is 11.5. The zero-order chi connectivity index (χ0) is 49.4. The highest BCUT2D eigenvalue weighted by Gasteiger charge is 2.33. The molecule has 0 aliphatic carbocycles. The van der Waals surface area contributed by atoms with E-state index in [2.05, 4.69) is 87.6 Å². The van der Waals surface area contributed by atoms with Crippen LogP contribution in [0.25, 0.3) is 77.3 Å². The molecule has 15 nitrogen and oxygen atoms in total. The summed E-state index contributed by atoms with van der Waals surface area (Å²) in [5.41, 5.74) is 29.4. The first-order valence-corrected chi connectivity index (χ1v) is 23.2. The van der Waals surface area contributed by atoms with Gasteiger partial charge in [0.05, 0.1) is 72.3 Å². The molecule has 0 atom stereocenters. The number of hydrogen-bond acceptors (Lipinski definition) is 14. The number of aromatic nitrogens is 6. The number of aromatic amines is 1. The lowest BCUT2D eigenvalue weighted by atomic mass is 9.91. The lowest BCUT2D eigenvalue weighted by Gasteiger charge is -2.30. The summed E-state index contributed by atoms with van der Waals surface area (Å²) in [6, 6.07) is 25.0. The molecule has 0 amide bonds. The number of H-pyrrole nitrogens is 1. The van der Waals surface area contributed by atoms with Gasteiger partial charge >= 0.3 is 6.16 Å². The van der Waals surface area contributed by atoms with Gasteiger partial charge in [-0.15, -0.1) is 0 Å². The summed E-state index contributed by atoms with van der Waals surface area (Å²) in [5.74, 6) is 1.55. The number of nitrogens with two attached hydrogens (primary N) is 2. The highest BCUT2D eigenvalue weighted by Crippen LogP contribution is 2.42. The number of benzene rings is 4. The molecular formula is C54H62N8O7. The minimum Gasteiger partial charge on any atom is -0.465 e. The highest BCUT2D eigenvalue weighted by atomic mass is 17.0. The van der Waals surface area contributed by atoms with Gasteiger partial charge < -0.3 is 49.2 Å². The quantitative estimate of drug-likeness (QED) is 0.0685. The van der Waals surface area contributed by atoms with Crippen LogP contribution < -0.4 is 16.2 Å². The molecule has 360 valence electrons. The monoisotopic (exact) mass is 934 g/mol. The third-order valence-corrected chi connectivity index (χ3v) is 11.5. The minimum absolute atomic E-state index is 0.486. The number of nitrogen functional groups attached to an aromatic ring is 2. The van der Waals surface area contributed by atoms with Gasteiger partial charge in [0.15, 0.2) is 0 Å². The fourth-order valence-corrected chi connectivity index (χ4v) is 8.65. The van der Waals surface area contributed by atoms with E-state index in [1.54, 1.807) is 6.20 Å². The number of anilines is 2. The molecule has 5 aromatic heterocycles. The molecule has 0 aliphatic rings. The van der Waals surface area contributed by atoms with E-state index in [1.165, 1.54) is 0 Å². The van der Waals surface area contributed by atoms with Crippen LogP contribution >= 0.6 is 0 Å². The van der Waals surface area contributed by atoms with Crippen molar-refractivity contribution in [2.75, 3.05) is 44.5 Å². The van der Waals surface area contributed by atoms with Crippen molar-refractivity contribution in [2.24, 2.45) is 0 Å². The Bertz CT molecular complexity index is 3140. The Kier molecular flexibility index (Phi) is 15.7. The molecular weight excluding hydrogens is 873 g/mol. The van der Waals surface area contributed by atoms with E-state index in [0.717, 1.165) is 111 Å². The zero-order valence-corrected chi connectivity index (χ0v) is 41.4. The maximum Gasteiger partial charge on any atom is 0.412 e. The Morgan fingerprint density at radius 2 is 1.04 bits per heavy atom. The van der Waals surface area contributed by atoms with Crippen molar-refractivity contribution in [2.45, 2.75) is 82.3 Å². The smallest absolute Gasteiger partial charge is 0.412 e. The zero-order valence-electron chi connectivity index (χ0n) is 41.4. The molecule has 5 N–H and O–H groups in total. The van der Waals surface area contributed by atoms with E-state index < -0.39 is 6.16 Å². The first-order valence-electron chi connectivity index (χ1n) is 23.2. The number of rotatable bonds is 14. The van der Waals surface area contributed by atoms with Crippen LogP contribution in [0.15, 0.2) is 94.2 Å². The molecule has 0 radical (unpaired) electrons. The summed E-state index contributed by atoms with van der Waals surface area (Å²) in [6.45, 7) is 23.8. The molecule has 4 aromatic carbocycles. The average Bonchev–Trinajstić information content (AvgIpc) is 4.01. The van der Waals surface area contributed by atoms with Crippen molar-refractivity contribution < 1.29 is 32.7 Å². The number of aryl methyl sites for hydroxylation is 6. The van der Waals surface area contributed by atoms with Crippen LogP contribution in [0.2, 0.25) is 0 Å². The van der Waals surface area contributed by atoms with Crippen LogP contribution in [0.4, 0.5) is 11.4 Å². The van der Waals surface area contributed by atoms with Gasteiger partial charge in [0.1, 0.15) is 17.0 Å². The van der Waals surface area contributed by atoms with E-state index in [1.807, 2.05) is 92.8 Å². The van der Waals surface area contributed by atoms with Crippen LogP contribution in [-0.4, -0.2) is 69.4 Å². The van der Waals surface area contributed by atoms with Gasteiger partial charge in [-0.25, -0.2) is 0 Å². The number of imidazole rings is 1. The fourth-order valence-electron chi connectivity index (χ4n) is 8.65. The van der Waals surface area contributed by atoms with Crippen LogP contribution in [0.1, 0.15) is 68.7 Å². The molecule has 0 saturated carbocycles. The summed E-state index contributed by atoms with van der Waals surface area (Å²) in [6.07, 6.45) is 2.31. The van der Waals surface area contributed by atoms with Gasteiger partial charge in [-0.1, -0.05) is 34.6 Å². The van der Waals surface area contributed by atoms with Crippen molar-refractivity contribution in [3.05, 3.63) is 119 Å². The van der Waals surface area contributed by atoms with E-state index in [9.17, 15) is 0 Å². The predicted molar refractivity (Wildman–Crippen MR) is 273 cm³/mol. The lowest BCUT2D eigenvalue weighted by molar-refractivity contribution is -0.495. The predicted octanol–water partition coefficient (Wildman–Crippen LogP) is 12.1. The van der Waals surface area contributed by atoms with Gasteiger partial charge in [-0.3, -0.25) is 9.97 Å². The topological polar surface area (TPSA) is 205 Å². The number of nitrogens with one attached hydrogen (secondary N) is 1. The van der Waals surface area contributed by atoms with E-state index in [0.29, 0.717) is 50.4 Å². The van der Waals surface area contributed by atoms with Crippen molar-refractivity contribution in [1.29, 1.82) is 0 Å². The number of fused-ring (bicyclic) bond motifs is 3. The van der Waals surface area contributed by atoms with Crippen LogP contribution in [0.5, 0.6) is 6.01 Å². The second-order valence-corrected chi connectivity index (χ2v) is 16.2. The van der Waals surface area contributed by atoms with Crippen molar-refractivity contribution in [3.8, 4) is 50.5 Å². The summed E-state index contributed by atoms with van der Waals surface area (Å²) in [7, 11) is 0. The van der Waals surface area contributed by atoms with Crippen molar-refractivity contribution in [1.82, 2.24) is 30.2 Å². The van der Waals surface area contributed by atoms with E-state index in [4.69, 9.17) is 49.2 Å². The number of nitrogens with zero attached hydrogens (tertiary/aromatic N) is 5. The largest absolute Gasteiger partial charge is 0.465 e. The maximum absolute atomic E-state index is 6.39. The molecule has 69 heavy (non-hydrogen) atoms. The number of hydrogen-bond donors (Lipinski definition) is 3. The Labute approximate surface area is 402 Å². The first kappa shape index (κ1) is 49.7. The number of ether oxygens (including phenoxy) is 5. The van der Waals surface area contributed by atoms with Crippen LogP contribution in [-0.2, 0) is 18.9 Å². The van der Waals surface area contributed by atoms with Crippen LogP contribution in [0.3, 0.4) is 0 Å². The lowest BCUT2D eigenvalue weighted by Crippen LogP contribution is -2.42. The molecule has 9 rings (SSSR count). The first-order chi connectivity index (χ1) is 33.3. The Balaban J connectivity index is 0.000000165. The highest BCUT2D eigenvalue weighted by molar-refractivity contribution is 6.06. The third-order valence-electron chi connectivity index (χ3n) is 11.5.